The Kier molecular flexibility index (Phi) is 7.96. The van der Waals surface area contributed by atoms with Gasteiger partial charge in [-0.3, -0.25) is 4.79 Å². The first-order valence-corrected chi connectivity index (χ1v) is 11.8. The molecule has 0 bridgehead atoms. The Labute approximate surface area is 205 Å². The number of aromatic nitrogens is 1. The lowest BCUT2D eigenvalue weighted by atomic mass is 9.97. The number of carbonyl (C=O) groups excluding carboxylic acids is 1. The number of anilines is 1. The zero-order chi connectivity index (χ0) is 24.6. The molecule has 0 saturated carbocycles. The summed E-state index contributed by atoms with van der Waals surface area (Å²) >= 11 is 0. The number of nitriles is 1. The van der Waals surface area contributed by atoms with Crippen LogP contribution in [-0.4, -0.2) is 44.3 Å². The van der Waals surface area contributed by atoms with E-state index in [1.807, 2.05) is 42.5 Å². The predicted molar refractivity (Wildman–Crippen MR) is 137 cm³/mol. The minimum absolute atomic E-state index is 0.168. The number of carbonyl (C=O) groups is 1. The predicted octanol–water partition coefficient (Wildman–Crippen LogP) is 4.95. The summed E-state index contributed by atoms with van der Waals surface area (Å²) in [6.45, 7) is 6.31. The molecule has 2 N–H and O–H groups in total. The summed E-state index contributed by atoms with van der Waals surface area (Å²) in [6.07, 6.45) is 3.06. The van der Waals surface area contributed by atoms with Crippen molar-refractivity contribution in [1.82, 2.24) is 10.3 Å². The Morgan fingerprint density at radius 1 is 1.23 bits per heavy atom. The van der Waals surface area contributed by atoms with Crippen molar-refractivity contribution in [2.45, 2.75) is 19.3 Å². The van der Waals surface area contributed by atoms with E-state index in [1.54, 1.807) is 13.2 Å². The Morgan fingerprint density at radius 2 is 2.03 bits per heavy atom. The lowest BCUT2D eigenvalue weighted by Crippen LogP contribution is -2.28. The van der Waals surface area contributed by atoms with E-state index < -0.39 is 0 Å². The normalized spacial score (nSPS) is 13.7. The fourth-order valence-electron chi connectivity index (χ4n) is 4.28. The van der Waals surface area contributed by atoms with Crippen molar-refractivity contribution in [3.8, 4) is 23.1 Å². The van der Waals surface area contributed by atoms with Crippen molar-refractivity contribution in [1.29, 1.82) is 5.26 Å². The highest BCUT2D eigenvalue weighted by Crippen LogP contribution is 2.35. The molecule has 0 radical (unpaired) electrons. The van der Waals surface area contributed by atoms with Gasteiger partial charge in [-0.15, -0.1) is 0 Å². The molecule has 1 saturated heterocycles. The summed E-state index contributed by atoms with van der Waals surface area (Å²) in [4.78, 5) is 17.4. The lowest BCUT2D eigenvalue weighted by Gasteiger charge is -2.21. The van der Waals surface area contributed by atoms with Gasteiger partial charge in [-0.2, -0.15) is 5.26 Å². The first-order valence-electron chi connectivity index (χ1n) is 11.8. The molecule has 35 heavy (non-hydrogen) atoms. The topological polar surface area (TPSA) is 96.3 Å². The smallest absolute Gasteiger partial charge is 0.269 e. The average Bonchev–Trinajstić information content (AvgIpc) is 2.91. The molecule has 1 aromatic heterocycles. The van der Waals surface area contributed by atoms with Gasteiger partial charge in [0.1, 0.15) is 11.4 Å². The number of fused-ring (bicyclic) bond motifs is 1. The van der Waals surface area contributed by atoms with Gasteiger partial charge >= 0.3 is 0 Å². The van der Waals surface area contributed by atoms with Crippen LogP contribution < -0.4 is 15.4 Å². The number of nitrogens with zero attached hydrogens (tertiary/aromatic N) is 2. The number of methoxy groups -OCH3 is 1. The summed E-state index contributed by atoms with van der Waals surface area (Å²) in [6, 6.07) is 17.4. The molecule has 1 fully saturated rings. The number of hydrogen-bond acceptors (Lipinski definition) is 6. The average molecular weight is 471 g/mol. The van der Waals surface area contributed by atoms with Crippen LogP contribution in [-0.2, 0) is 4.74 Å². The van der Waals surface area contributed by atoms with E-state index >= 15 is 0 Å². The van der Waals surface area contributed by atoms with Crippen LogP contribution in [0.25, 0.3) is 22.0 Å². The molecule has 0 aliphatic carbocycles. The third kappa shape index (κ3) is 5.97. The van der Waals surface area contributed by atoms with Crippen molar-refractivity contribution < 1.29 is 14.3 Å². The highest BCUT2D eigenvalue weighted by molar-refractivity contribution is 5.99. The Morgan fingerprint density at radius 3 is 2.80 bits per heavy atom. The van der Waals surface area contributed by atoms with Gasteiger partial charge in [-0.05, 0) is 54.8 Å². The first-order chi connectivity index (χ1) is 17.1. The number of ether oxygens (including phenoxy) is 2. The number of amides is 1. The van der Waals surface area contributed by atoms with Crippen molar-refractivity contribution in [3.63, 3.8) is 0 Å². The minimum Gasteiger partial charge on any atom is -0.495 e. The lowest BCUT2D eigenvalue weighted by molar-refractivity contribution is 0.0636. The second kappa shape index (κ2) is 11.5. The summed E-state index contributed by atoms with van der Waals surface area (Å²) in [7, 11) is 1.61. The molecular weight excluding hydrogens is 440 g/mol. The molecule has 2 aromatic carbocycles. The monoisotopic (exact) mass is 470 g/mol. The molecular formula is C28H30N4O3. The third-order valence-corrected chi connectivity index (χ3v) is 6.30. The van der Waals surface area contributed by atoms with E-state index in [9.17, 15) is 4.79 Å². The van der Waals surface area contributed by atoms with E-state index in [0.29, 0.717) is 41.7 Å². The number of nitrogens with one attached hydrogen (secondary N) is 2. The number of hydrogen-bond donors (Lipinski definition) is 2. The molecule has 2 heterocycles. The van der Waals surface area contributed by atoms with Gasteiger partial charge in [0.15, 0.2) is 0 Å². The highest BCUT2D eigenvalue weighted by atomic mass is 16.5. The van der Waals surface area contributed by atoms with Crippen molar-refractivity contribution in [2.75, 3.05) is 38.7 Å². The number of pyridine rings is 1. The maximum atomic E-state index is 12.7. The molecule has 1 aliphatic rings. The summed E-state index contributed by atoms with van der Waals surface area (Å²) in [5.74, 6) is 1.11. The van der Waals surface area contributed by atoms with Gasteiger partial charge in [-0.25, -0.2) is 4.98 Å². The van der Waals surface area contributed by atoms with Gasteiger partial charge in [0, 0.05) is 42.8 Å². The fourth-order valence-corrected chi connectivity index (χ4v) is 4.28. The second-order valence-corrected chi connectivity index (χ2v) is 8.66. The van der Waals surface area contributed by atoms with Gasteiger partial charge < -0.3 is 20.1 Å². The zero-order valence-corrected chi connectivity index (χ0v) is 20.0. The van der Waals surface area contributed by atoms with Crippen LogP contribution >= 0.6 is 0 Å². The van der Waals surface area contributed by atoms with Crippen molar-refractivity contribution >= 4 is 22.4 Å². The zero-order valence-electron chi connectivity index (χ0n) is 20.0. The van der Waals surface area contributed by atoms with E-state index in [4.69, 9.17) is 14.7 Å². The third-order valence-electron chi connectivity index (χ3n) is 6.30. The quantitative estimate of drug-likeness (QED) is 0.430. The minimum atomic E-state index is -0.168. The first kappa shape index (κ1) is 24.2. The van der Waals surface area contributed by atoms with Crippen LogP contribution in [0.4, 0.5) is 5.69 Å². The molecule has 180 valence electrons. The molecule has 7 heteroatoms. The molecule has 1 aliphatic heterocycles. The van der Waals surface area contributed by atoms with E-state index in [2.05, 4.69) is 28.3 Å². The molecule has 3 aromatic rings. The van der Waals surface area contributed by atoms with Gasteiger partial charge in [0.2, 0.25) is 0 Å². The van der Waals surface area contributed by atoms with Crippen molar-refractivity contribution in [2.24, 2.45) is 5.92 Å². The summed E-state index contributed by atoms with van der Waals surface area (Å²) in [5, 5.41) is 17.3. The molecule has 0 unspecified atom stereocenters. The number of rotatable bonds is 9. The SMILES string of the molecule is C=C(C#N)CNc1c(OC)ccc2ccc(-c3cccc(C(=O)NCCC4CCOCC4)n3)cc12. The van der Waals surface area contributed by atoms with Crippen LogP contribution in [0, 0.1) is 17.2 Å². The Bertz CT molecular complexity index is 1260. The van der Waals surface area contributed by atoms with Gasteiger partial charge in [-0.1, -0.05) is 30.8 Å². The Balaban J connectivity index is 1.54. The van der Waals surface area contributed by atoms with Crippen LogP contribution in [0.5, 0.6) is 5.75 Å². The second-order valence-electron chi connectivity index (χ2n) is 8.66. The molecule has 7 nitrogen and oxygen atoms in total. The Hall–Kier alpha value is -3.89. The van der Waals surface area contributed by atoms with Crippen LogP contribution in [0.3, 0.4) is 0 Å². The van der Waals surface area contributed by atoms with E-state index in [1.165, 1.54) is 0 Å². The van der Waals surface area contributed by atoms with Gasteiger partial charge in [0.25, 0.3) is 5.91 Å². The maximum absolute atomic E-state index is 12.7. The van der Waals surface area contributed by atoms with Crippen LogP contribution in [0.2, 0.25) is 0 Å². The summed E-state index contributed by atoms with van der Waals surface area (Å²) < 4.78 is 10.9. The number of benzene rings is 2. The van der Waals surface area contributed by atoms with E-state index in [-0.39, 0.29) is 5.91 Å². The fraction of sp³-hybridized carbons (Fsp3) is 0.321. The van der Waals surface area contributed by atoms with Crippen LogP contribution in [0.1, 0.15) is 29.8 Å². The molecule has 0 spiro atoms. The summed E-state index contributed by atoms with van der Waals surface area (Å²) in [5.41, 5.74) is 3.19. The van der Waals surface area contributed by atoms with Crippen molar-refractivity contribution in [3.05, 3.63) is 66.4 Å². The van der Waals surface area contributed by atoms with E-state index in [0.717, 1.165) is 54.5 Å². The van der Waals surface area contributed by atoms with Crippen LogP contribution in [0.15, 0.2) is 60.7 Å². The van der Waals surface area contributed by atoms with Gasteiger partial charge in [0.05, 0.1) is 24.6 Å². The maximum Gasteiger partial charge on any atom is 0.269 e. The molecule has 4 rings (SSSR count). The largest absolute Gasteiger partial charge is 0.495 e. The standard InChI is InChI=1S/C28H30N4O3/c1-19(17-29)18-31-27-23-16-22(7-6-21(23)8-9-26(27)34-2)24-4-3-5-25(32-24)28(33)30-13-10-20-11-14-35-15-12-20/h3-9,16,20,31H,1,10-15,18H2,2H3,(H,30,33). The molecule has 1 amide bonds. The highest BCUT2D eigenvalue weighted by Gasteiger charge is 2.15. The molecule has 0 atom stereocenters.